The van der Waals surface area contributed by atoms with Gasteiger partial charge in [0.15, 0.2) is 5.16 Å². The van der Waals surface area contributed by atoms with Crippen molar-refractivity contribution < 1.29 is 9.18 Å². The van der Waals surface area contributed by atoms with Gasteiger partial charge in [-0.25, -0.2) is 9.37 Å². The minimum Gasteiger partial charge on any atom is -0.325 e. The quantitative estimate of drug-likeness (QED) is 0.360. The largest absolute Gasteiger partial charge is 0.325 e. The van der Waals surface area contributed by atoms with Gasteiger partial charge in [0.2, 0.25) is 5.91 Å². The predicted octanol–water partition coefficient (Wildman–Crippen LogP) is 4.87. The first-order valence-corrected chi connectivity index (χ1v) is 10.7. The van der Waals surface area contributed by atoms with Crippen LogP contribution in [0.25, 0.3) is 16.6 Å². The molecule has 0 fully saturated rings. The lowest BCUT2D eigenvalue weighted by Crippen LogP contribution is -2.23. The van der Waals surface area contributed by atoms with Crippen LogP contribution in [0.15, 0.2) is 76.7 Å². The fourth-order valence-electron chi connectivity index (χ4n) is 3.43. The molecule has 5 nitrogen and oxygen atoms in total. The van der Waals surface area contributed by atoms with Crippen LogP contribution in [-0.2, 0) is 4.79 Å². The Morgan fingerprint density at radius 2 is 1.71 bits per heavy atom. The van der Waals surface area contributed by atoms with Crippen molar-refractivity contribution in [3.05, 3.63) is 94.0 Å². The number of aryl methyl sites for hydroxylation is 2. The maximum absolute atomic E-state index is 14.5. The molecule has 0 aliphatic rings. The highest BCUT2D eigenvalue weighted by atomic mass is 32.2. The van der Waals surface area contributed by atoms with Crippen LogP contribution in [0.2, 0.25) is 0 Å². The second-order valence-corrected chi connectivity index (χ2v) is 8.16. The van der Waals surface area contributed by atoms with Crippen LogP contribution >= 0.6 is 11.8 Å². The van der Waals surface area contributed by atoms with Gasteiger partial charge in [0.05, 0.1) is 22.3 Å². The minimum absolute atomic E-state index is 0.0201. The average molecular weight is 434 g/mol. The van der Waals surface area contributed by atoms with Crippen molar-refractivity contribution in [2.24, 2.45) is 0 Å². The molecule has 7 heteroatoms. The number of thioether (sulfide) groups is 1. The van der Waals surface area contributed by atoms with Crippen molar-refractivity contribution in [1.29, 1.82) is 0 Å². The molecule has 0 spiro atoms. The summed E-state index contributed by atoms with van der Waals surface area (Å²) in [5, 5.41) is 3.51. The Hall–Kier alpha value is -3.45. The van der Waals surface area contributed by atoms with E-state index in [1.165, 1.54) is 16.7 Å². The Balaban J connectivity index is 1.68. The number of halogens is 1. The number of para-hydroxylation sites is 2. The van der Waals surface area contributed by atoms with E-state index in [1.54, 1.807) is 36.4 Å². The lowest BCUT2D eigenvalue weighted by Gasteiger charge is -2.14. The maximum atomic E-state index is 14.5. The molecule has 0 unspecified atom stereocenters. The van der Waals surface area contributed by atoms with Gasteiger partial charge < -0.3 is 5.32 Å². The van der Waals surface area contributed by atoms with E-state index in [-0.39, 0.29) is 28.1 Å². The van der Waals surface area contributed by atoms with Crippen LogP contribution in [-0.4, -0.2) is 21.2 Å². The summed E-state index contributed by atoms with van der Waals surface area (Å²) in [6.45, 7) is 3.92. The number of nitrogens with one attached hydrogen (secondary N) is 1. The van der Waals surface area contributed by atoms with Crippen LogP contribution in [0.4, 0.5) is 10.1 Å². The lowest BCUT2D eigenvalue weighted by atomic mass is 10.1. The first-order chi connectivity index (χ1) is 14.9. The van der Waals surface area contributed by atoms with Crippen LogP contribution in [0.5, 0.6) is 0 Å². The number of rotatable bonds is 5. The molecule has 0 saturated heterocycles. The summed E-state index contributed by atoms with van der Waals surface area (Å²) in [6.07, 6.45) is 0. The Morgan fingerprint density at radius 3 is 2.45 bits per heavy atom. The molecule has 31 heavy (non-hydrogen) atoms. The highest BCUT2D eigenvalue weighted by Crippen LogP contribution is 2.23. The summed E-state index contributed by atoms with van der Waals surface area (Å²) in [6, 6.07) is 18.7. The molecule has 0 aliphatic heterocycles. The SMILES string of the molecule is Cc1cc(C)cc(NC(=O)CSc2nc3ccccc3c(=O)n2-c2ccccc2F)c1. The number of nitrogens with zero attached hydrogens (tertiary/aromatic N) is 2. The summed E-state index contributed by atoms with van der Waals surface area (Å²) < 4.78 is 15.7. The van der Waals surface area contributed by atoms with Crippen molar-refractivity contribution in [2.45, 2.75) is 19.0 Å². The van der Waals surface area contributed by atoms with Crippen LogP contribution < -0.4 is 10.9 Å². The Bertz CT molecular complexity index is 1330. The molecule has 1 amide bonds. The minimum atomic E-state index is -0.539. The number of amides is 1. The zero-order valence-corrected chi connectivity index (χ0v) is 17.9. The summed E-state index contributed by atoms with van der Waals surface area (Å²) in [4.78, 5) is 30.2. The van der Waals surface area contributed by atoms with Gasteiger partial charge in [-0.1, -0.05) is 42.1 Å². The molecule has 0 bridgehead atoms. The molecular weight excluding hydrogens is 413 g/mol. The van der Waals surface area contributed by atoms with E-state index in [9.17, 15) is 14.0 Å². The molecule has 3 aromatic carbocycles. The standard InChI is InChI=1S/C24H20FN3O2S/c1-15-11-16(2)13-17(12-15)26-22(29)14-31-24-27-20-9-5-3-7-18(20)23(30)28(24)21-10-6-4-8-19(21)25/h3-13H,14H2,1-2H3,(H,26,29). The lowest BCUT2D eigenvalue weighted by molar-refractivity contribution is -0.113. The van der Waals surface area contributed by atoms with Gasteiger partial charge in [0.25, 0.3) is 5.56 Å². The summed E-state index contributed by atoms with van der Waals surface area (Å²) in [5.74, 6) is -0.757. The van der Waals surface area contributed by atoms with E-state index < -0.39 is 5.82 Å². The number of fused-ring (bicyclic) bond motifs is 1. The number of aromatic nitrogens is 2. The Morgan fingerprint density at radius 1 is 1.03 bits per heavy atom. The van der Waals surface area contributed by atoms with Gasteiger partial charge >= 0.3 is 0 Å². The zero-order valence-electron chi connectivity index (χ0n) is 17.1. The third kappa shape index (κ3) is 4.51. The second kappa shape index (κ2) is 8.73. The molecule has 0 radical (unpaired) electrons. The molecule has 4 aromatic rings. The van der Waals surface area contributed by atoms with Gasteiger partial charge in [-0.15, -0.1) is 0 Å². The monoisotopic (exact) mass is 433 g/mol. The molecular formula is C24H20FN3O2S. The van der Waals surface area contributed by atoms with Gasteiger partial charge in [-0.2, -0.15) is 0 Å². The third-order valence-corrected chi connectivity index (χ3v) is 5.61. The Kier molecular flexibility index (Phi) is 5.86. The van der Waals surface area contributed by atoms with E-state index in [0.29, 0.717) is 16.6 Å². The van der Waals surface area contributed by atoms with Crippen molar-refractivity contribution in [2.75, 3.05) is 11.1 Å². The molecule has 0 atom stereocenters. The van der Waals surface area contributed by atoms with E-state index in [2.05, 4.69) is 10.3 Å². The fraction of sp³-hybridized carbons (Fsp3) is 0.125. The number of benzene rings is 3. The summed E-state index contributed by atoms with van der Waals surface area (Å²) in [5.41, 5.74) is 3.02. The number of hydrogen-bond donors (Lipinski definition) is 1. The zero-order chi connectivity index (χ0) is 22.0. The molecule has 0 aliphatic carbocycles. The van der Waals surface area contributed by atoms with E-state index in [4.69, 9.17) is 0 Å². The summed E-state index contributed by atoms with van der Waals surface area (Å²) >= 11 is 1.09. The normalized spacial score (nSPS) is 10.9. The van der Waals surface area contributed by atoms with Crippen LogP contribution in [0.3, 0.4) is 0 Å². The smallest absolute Gasteiger partial charge is 0.266 e. The van der Waals surface area contributed by atoms with Crippen molar-refractivity contribution >= 4 is 34.3 Å². The van der Waals surface area contributed by atoms with Gasteiger partial charge in [0.1, 0.15) is 5.82 Å². The molecule has 1 N–H and O–H groups in total. The van der Waals surface area contributed by atoms with Crippen LogP contribution in [0, 0.1) is 19.7 Å². The topological polar surface area (TPSA) is 64.0 Å². The van der Waals surface area contributed by atoms with Crippen molar-refractivity contribution in [3.8, 4) is 5.69 Å². The van der Waals surface area contributed by atoms with Crippen molar-refractivity contribution in [1.82, 2.24) is 9.55 Å². The third-order valence-electron chi connectivity index (χ3n) is 4.68. The first-order valence-electron chi connectivity index (χ1n) is 9.70. The highest BCUT2D eigenvalue weighted by molar-refractivity contribution is 7.99. The number of hydrogen-bond acceptors (Lipinski definition) is 4. The molecule has 4 rings (SSSR count). The fourth-order valence-corrected chi connectivity index (χ4v) is 4.23. The average Bonchev–Trinajstić information content (AvgIpc) is 2.72. The van der Waals surface area contributed by atoms with Gasteiger partial charge in [0, 0.05) is 5.69 Å². The predicted molar refractivity (Wildman–Crippen MR) is 123 cm³/mol. The molecule has 0 saturated carbocycles. The molecule has 1 heterocycles. The first kappa shape index (κ1) is 20.8. The molecule has 156 valence electrons. The van der Waals surface area contributed by atoms with Gasteiger partial charge in [-0.05, 0) is 61.4 Å². The van der Waals surface area contributed by atoms with E-state index in [1.807, 2.05) is 32.0 Å². The number of anilines is 1. The van der Waals surface area contributed by atoms with Crippen LogP contribution in [0.1, 0.15) is 11.1 Å². The maximum Gasteiger partial charge on any atom is 0.266 e. The van der Waals surface area contributed by atoms with E-state index in [0.717, 1.165) is 22.9 Å². The van der Waals surface area contributed by atoms with Crippen molar-refractivity contribution in [3.63, 3.8) is 0 Å². The number of carbonyl (C=O) groups is 1. The van der Waals surface area contributed by atoms with E-state index >= 15 is 0 Å². The van der Waals surface area contributed by atoms with Gasteiger partial charge in [-0.3, -0.25) is 14.2 Å². The second-order valence-electron chi connectivity index (χ2n) is 7.22. The summed E-state index contributed by atoms with van der Waals surface area (Å²) in [7, 11) is 0. The highest BCUT2D eigenvalue weighted by Gasteiger charge is 2.17. The number of carbonyl (C=O) groups excluding carboxylic acids is 1. The Labute approximate surface area is 182 Å². The molecule has 1 aromatic heterocycles.